The predicted octanol–water partition coefficient (Wildman–Crippen LogP) is -2.44. The second-order valence-electron chi connectivity index (χ2n) is 5.35. The van der Waals surface area contributed by atoms with Crippen LogP contribution in [0.1, 0.15) is 6.42 Å². The van der Waals surface area contributed by atoms with E-state index in [9.17, 15) is 19.8 Å². The van der Waals surface area contributed by atoms with Crippen molar-refractivity contribution in [2.75, 3.05) is 46.2 Å². The quantitative estimate of drug-likeness (QED) is 0.234. The minimum atomic E-state index is -1.22. The van der Waals surface area contributed by atoms with Crippen LogP contribution in [0.2, 0.25) is 0 Å². The molecular weight excluding hydrogens is 429 g/mol. The van der Waals surface area contributed by atoms with Crippen molar-refractivity contribution in [3.05, 3.63) is 5.73 Å². The summed E-state index contributed by atoms with van der Waals surface area (Å²) in [5.41, 5.74) is 6.61. The molecule has 1 fully saturated rings. The van der Waals surface area contributed by atoms with Crippen molar-refractivity contribution in [1.82, 2.24) is 5.32 Å². The van der Waals surface area contributed by atoms with Gasteiger partial charge in [0.25, 0.3) is 0 Å². The Bertz CT molecular complexity index is 416. The normalized spacial score (nSPS) is 25.3. The van der Waals surface area contributed by atoms with Crippen molar-refractivity contribution in [3.8, 4) is 0 Å². The van der Waals surface area contributed by atoms with Crippen molar-refractivity contribution in [2.45, 2.75) is 31.0 Å². The van der Waals surface area contributed by atoms with E-state index in [4.69, 9.17) is 29.8 Å². The maximum atomic E-state index is 11.5. The molecule has 0 saturated carbocycles. The summed E-state index contributed by atoms with van der Waals surface area (Å²) >= 11 is 0. The fraction of sp³-hybridized carbons (Fsp3) is 0.857. The van der Waals surface area contributed by atoms with Gasteiger partial charge in [0.2, 0.25) is 5.91 Å². The van der Waals surface area contributed by atoms with Crippen molar-refractivity contribution in [2.24, 2.45) is 0 Å². The number of carbonyl (C=O) groups excluding carboxylic acids is 2. The molecule has 0 aromatic carbocycles. The number of hydrogen-bond acceptors (Lipinski definition) is 9. The number of nitrogens with one attached hydrogen (secondary N) is 2. The van der Waals surface area contributed by atoms with Gasteiger partial charge in [-0.3, -0.25) is 4.79 Å². The second kappa shape index (κ2) is 14.8. The first-order chi connectivity index (χ1) is 11.9. The molecule has 1 aliphatic heterocycles. The van der Waals surface area contributed by atoms with Gasteiger partial charge in [-0.25, -0.2) is 0 Å². The van der Waals surface area contributed by atoms with Crippen molar-refractivity contribution >= 4 is 11.8 Å². The van der Waals surface area contributed by atoms with Crippen molar-refractivity contribution in [3.63, 3.8) is 0 Å². The molecule has 1 saturated heterocycles. The van der Waals surface area contributed by atoms with Crippen LogP contribution in [-0.4, -0.2) is 97.9 Å². The molecule has 1 heterocycles. The molecule has 0 spiro atoms. The zero-order valence-electron chi connectivity index (χ0n) is 14.3. The molecule has 5 N–H and O–H groups in total. The molecule has 1 rings (SSSR count). The van der Waals surface area contributed by atoms with Gasteiger partial charge < -0.3 is 50.1 Å². The monoisotopic (exact) mass is 454 g/mol. The Labute approximate surface area is 176 Å². The number of aliphatic hydroxyl groups excluding tert-OH is 3. The minimum absolute atomic E-state index is 0. The van der Waals surface area contributed by atoms with Crippen LogP contribution in [0.5, 0.6) is 0 Å². The third-order valence-electron chi connectivity index (χ3n) is 3.25. The first-order valence-electron chi connectivity index (χ1n) is 7.84. The Balaban J connectivity index is 0.00000625. The van der Waals surface area contributed by atoms with E-state index in [2.05, 4.69) is 5.32 Å². The fourth-order valence-electron chi connectivity index (χ4n) is 2.04. The van der Waals surface area contributed by atoms with E-state index >= 15 is 0 Å². The Kier molecular flexibility index (Phi) is 14.6. The topological polar surface area (TPSA) is 168 Å². The summed E-state index contributed by atoms with van der Waals surface area (Å²) in [7, 11) is 0. The number of aliphatic hydroxyl groups is 3. The van der Waals surface area contributed by atoms with Crippen LogP contribution in [0.4, 0.5) is 0 Å². The second-order valence-corrected chi connectivity index (χ2v) is 5.35. The Morgan fingerprint density at radius 1 is 1.15 bits per heavy atom. The number of ether oxygens (including phenoxy) is 4. The summed E-state index contributed by atoms with van der Waals surface area (Å²) in [6, 6.07) is 0. The van der Waals surface area contributed by atoms with Crippen LogP contribution in [0.25, 0.3) is 5.73 Å². The van der Waals surface area contributed by atoms with Crippen LogP contribution >= 0.6 is 0 Å². The summed E-state index contributed by atoms with van der Waals surface area (Å²) < 4.78 is 20.3. The number of carbonyl (C=O) groups is 2. The van der Waals surface area contributed by atoms with Crippen molar-refractivity contribution in [1.29, 1.82) is 0 Å². The van der Waals surface area contributed by atoms with Crippen LogP contribution < -0.4 is 5.32 Å². The molecule has 0 bridgehead atoms. The van der Waals surface area contributed by atoms with Crippen LogP contribution in [-0.2, 0) is 61.2 Å². The van der Waals surface area contributed by atoms with Gasteiger partial charge in [-0.15, -0.1) is 0 Å². The third kappa shape index (κ3) is 10.8. The van der Waals surface area contributed by atoms with Gasteiger partial charge in [0.05, 0.1) is 51.1 Å². The average Bonchev–Trinajstić information content (AvgIpc) is 2.57. The summed E-state index contributed by atoms with van der Waals surface area (Å²) in [6.45, 7) is -0.422. The summed E-state index contributed by atoms with van der Waals surface area (Å²) in [5, 5.41) is 30.9. The smallest absolute Gasteiger partial charge is 0.246 e. The minimum Gasteiger partial charge on any atom is -0.666 e. The van der Waals surface area contributed by atoms with Gasteiger partial charge >= 0.3 is 0 Å². The van der Waals surface area contributed by atoms with E-state index < -0.39 is 36.4 Å². The molecule has 0 aliphatic carbocycles. The number of hydrogen-bond donors (Lipinski definition) is 4. The van der Waals surface area contributed by atoms with E-state index in [1.54, 1.807) is 0 Å². The van der Waals surface area contributed by atoms with Gasteiger partial charge in [0.1, 0.15) is 12.7 Å². The molecule has 2 amide bonds. The molecule has 0 aromatic heterocycles. The number of rotatable bonds is 12. The molecule has 4 atom stereocenters. The third-order valence-corrected chi connectivity index (χ3v) is 3.25. The summed E-state index contributed by atoms with van der Waals surface area (Å²) in [6.07, 6.45) is -3.85. The maximum Gasteiger partial charge on any atom is 0.246 e. The summed E-state index contributed by atoms with van der Waals surface area (Å²) in [4.78, 5) is 21.8. The first kappa shape index (κ1) is 25.8. The van der Waals surface area contributed by atoms with Crippen LogP contribution in [0.3, 0.4) is 0 Å². The van der Waals surface area contributed by atoms with Crippen molar-refractivity contribution < 1.29 is 76.6 Å². The molecule has 26 heavy (non-hydrogen) atoms. The average molecular weight is 454 g/mol. The largest absolute Gasteiger partial charge is 0.666 e. The maximum absolute atomic E-state index is 11.5. The zero-order valence-corrected chi connectivity index (χ0v) is 17.2. The van der Waals surface area contributed by atoms with E-state index in [1.807, 2.05) is 0 Å². The molecule has 149 valence electrons. The predicted molar refractivity (Wildman–Crippen MR) is 82.3 cm³/mol. The molecule has 4 unspecified atom stereocenters. The Hall–Kier alpha value is -0.236. The first-order valence-corrected chi connectivity index (χ1v) is 7.84. The van der Waals surface area contributed by atoms with Crippen LogP contribution in [0.15, 0.2) is 0 Å². The molecule has 1 radical (unpaired) electrons. The van der Waals surface area contributed by atoms with Crippen LogP contribution in [0, 0.1) is 0 Å². The Morgan fingerprint density at radius 2 is 1.81 bits per heavy atom. The van der Waals surface area contributed by atoms with Gasteiger partial charge in [0.15, 0.2) is 6.29 Å². The van der Waals surface area contributed by atoms with Gasteiger partial charge in [0, 0.05) is 45.7 Å². The molecule has 0 aromatic rings. The molecule has 11 nitrogen and oxygen atoms in total. The van der Waals surface area contributed by atoms with Gasteiger partial charge in [-0.1, -0.05) is 0 Å². The van der Waals surface area contributed by atoms with E-state index in [-0.39, 0.29) is 85.3 Å². The number of amides is 2. The van der Waals surface area contributed by atoms with E-state index in [1.165, 1.54) is 0 Å². The molecule has 12 heteroatoms. The SMILES string of the molecule is [NH-]C(=O)COCCOCC(=O)NCCOC1OC(CO)CC(O)C1O.[Y]. The van der Waals surface area contributed by atoms with E-state index in [0.29, 0.717) is 0 Å². The van der Waals surface area contributed by atoms with Gasteiger partial charge in [-0.05, 0) is 0 Å². The fourth-order valence-corrected chi connectivity index (χ4v) is 2.04. The molecule has 1 aliphatic rings. The van der Waals surface area contributed by atoms with Gasteiger partial charge in [-0.2, -0.15) is 0 Å². The summed E-state index contributed by atoms with van der Waals surface area (Å²) in [5.74, 6) is -1.22. The standard InChI is InChI=1S/C14H26N2O9.Y/c15-11(19)7-22-3-4-23-8-12(20)16-1-2-24-14-13(21)10(18)5-9(6-17)25-14;/h9-10,13-14,17-18,21H,1-8H2,(H3,15,16,19,20);/p-1. The Morgan fingerprint density at radius 3 is 2.42 bits per heavy atom. The molecular formula is C14H25N2O9Y-. The zero-order chi connectivity index (χ0) is 18.7. The van der Waals surface area contributed by atoms with E-state index in [0.717, 1.165) is 0 Å².